The van der Waals surface area contributed by atoms with Gasteiger partial charge in [0.2, 0.25) is 0 Å². The van der Waals surface area contributed by atoms with Gasteiger partial charge in [0.1, 0.15) is 0 Å². The lowest BCUT2D eigenvalue weighted by Crippen LogP contribution is -2.32. The van der Waals surface area contributed by atoms with Gasteiger partial charge in [0.05, 0.1) is 0 Å². The molecule has 0 amide bonds. The van der Waals surface area contributed by atoms with E-state index in [9.17, 15) is 0 Å². The third-order valence-electron chi connectivity index (χ3n) is 2.35. The summed E-state index contributed by atoms with van der Waals surface area (Å²) in [5.74, 6) is 6.24. The average molecular weight is 128 g/mol. The van der Waals surface area contributed by atoms with Crippen molar-refractivity contribution in [3.05, 3.63) is 0 Å². The van der Waals surface area contributed by atoms with E-state index in [-0.39, 0.29) is 0 Å². The van der Waals surface area contributed by atoms with Crippen molar-refractivity contribution in [3.8, 4) is 0 Å². The van der Waals surface area contributed by atoms with Crippen molar-refractivity contribution >= 4 is 0 Å². The van der Waals surface area contributed by atoms with Crippen molar-refractivity contribution in [2.75, 3.05) is 0 Å². The maximum atomic E-state index is 5.30. The molecule has 9 heavy (non-hydrogen) atoms. The summed E-state index contributed by atoms with van der Waals surface area (Å²) in [6, 6.07) is 0.606. The second kappa shape index (κ2) is 3.18. The molecule has 0 saturated heterocycles. The highest BCUT2D eigenvalue weighted by Gasteiger charge is 2.21. The fourth-order valence-electron chi connectivity index (χ4n) is 1.60. The lowest BCUT2D eigenvalue weighted by atomic mass is 10.1. The third kappa shape index (κ3) is 1.66. The molecule has 0 aliphatic heterocycles. The van der Waals surface area contributed by atoms with Crippen molar-refractivity contribution < 1.29 is 0 Å². The van der Waals surface area contributed by atoms with Gasteiger partial charge in [0.15, 0.2) is 0 Å². The smallest absolute Gasteiger partial charge is 0.0213 e. The summed E-state index contributed by atoms with van der Waals surface area (Å²) in [4.78, 5) is 0. The molecular formula is C7H16N2. The number of rotatable bonds is 2. The molecule has 54 valence electrons. The summed E-state index contributed by atoms with van der Waals surface area (Å²) in [7, 11) is 0. The summed E-state index contributed by atoms with van der Waals surface area (Å²) in [6.07, 6.45) is 5.24. The molecule has 0 radical (unpaired) electrons. The van der Waals surface area contributed by atoms with E-state index in [2.05, 4.69) is 12.3 Å². The van der Waals surface area contributed by atoms with E-state index in [4.69, 9.17) is 5.84 Å². The van der Waals surface area contributed by atoms with E-state index >= 15 is 0 Å². The van der Waals surface area contributed by atoms with E-state index in [1.165, 1.54) is 25.7 Å². The number of hydrazine groups is 1. The second-order valence-corrected chi connectivity index (χ2v) is 2.95. The number of nitrogens with two attached hydrogens (primary N) is 1. The third-order valence-corrected chi connectivity index (χ3v) is 2.35. The highest BCUT2D eigenvalue weighted by Crippen LogP contribution is 2.26. The monoisotopic (exact) mass is 128 g/mol. The first-order chi connectivity index (χ1) is 4.36. The summed E-state index contributed by atoms with van der Waals surface area (Å²) >= 11 is 0. The average Bonchev–Trinajstić information content (AvgIpc) is 2.34. The van der Waals surface area contributed by atoms with E-state index in [1.807, 2.05) is 0 Å². The Morgan fingerprint density at radius 3 is 2.67 bits per heavy atom. The minimum atomic E-state index is 0.606. The molecule has 0 aromatic heterocycles. The molecule has 2 heteroatoms. The van der Waals surface area contributed by atoms with Crippen molar-refractivity contribution in [1.29, 1.82) is 0 Å². The zero-order chi connectivity index (χ0) is 6.69. The van der Waals surface area contributed by atoms with Crippen LogP contribution in [0.2, 0.25) is 0 Å². The lowest BCUT2D eigenvalue weighted by molar-refractivity contribution is 0.485. The van der Waals surface area contributed by atoms with Crippen molar-refractivity contribution in [1.82, 2.24) is 5.43 Å². The molecule has 0 bridgehead atoms. The molecule has 1 rings (SSSR count). The molecule has 2 atom stereocenters. The highest BCUT2D eigenvalue weighted by molar-refractivity contribution is 4.77. The van der Waals surface area contributed by atoms with Crippen LogP contribution >= 0.6 is 0 Å². The molecule has 1 aliphatic rings. The summed E-state index contributed by atoms with van der Waals surface area (Å²) in [6.45, 7) is 2.25. The van der Waals surface area contributed by atoms with E-state index < -0.39 is 0 Å². The van der Waals surface area contributed by atoms with Crippen LogP contribution < -0.4 is 11.3 Å². The Labute approximate surface area is 56.8 Å². The fourth-order valence-corrected chi connectivity index (χ4v) is 1.60. The standard InChI is InChI=1S/C7H16N2/c1-2-6-3-4-7(5-6)9-8/h6-7,9H,2-5,8H2,1H3/t6-,7-/m0/s1. The minimum absolute atomic E-state index is 0.606. The van der Waals surface area contributed by atoms with Gasteiger partial charge in [-0.2, -0.15) is 0 Å². The van der Waals surface area contributed by atoms with Gasteiger partial charge in [-0.05, 0) is 25.2 Å². The number of nitrogens with one attached hydrogen (secondary N) is 1. The molecule has 0 heterocycles. The van der Waals surface area contributed by atoms with Gasteiger partial charge in [0, 0.05) is 6.04 Å². The van der Waals surface area contributed by atoms with E-state index in [0.717, 1.165) is 5.92 Å². The first kappa shape index (κ1) is 7.03. The molecule has 0 aromatic rings. The Hall–Kier alpha value is -0.0800. The predicted molar refractivity (Wildman–Crippen MR) is 38.7 cm³/mol. The summed E-state index contributed by atoms with van der Waals surface area (Å²) in [5.41, 5.74) is 2.83. The number of hydrogen-bond acceptors (Lipinski definition) is 2. The normalized spacial score (nSPS) is 35.3. The van der Waals surface area contributed by atoms with Gasteiger partial charge >= 0.3 is 0 Å². The first-order valence-electron chi connectivity index (χ1n) is 3.83. The van der Waals surface area contributed by atoms with Gasteiger partial charge < -0.3 is 0 Å². The molecular weight excluding hydrogens is 112 g/mol. The molecule has 2 nitrogen and oxygen atoms in total. The zero-order valence-corrected chi connectivity index (χ0v) is 6.06. The Morgan fingerprint density at radius 1 is 1.56 bits per heavy atom. The van der Waals surface area contributed by atoms with E-state index in [0.29, 0.717) is 6.04 Å². The van der Waals surface area contributed by atoms with E-state index in [1.54, 1.807) is 0 Å². The van der Waals surface area contributed by atoms with Crippen LogP contribution in [0.5, 0.6) is 0 Å². The van der Waals surface area contributed by atoms with Crippen molar-refractivity contribution in [2.45, 2.75) is 38.6 Å². The predicted octanol–water partition coefficient (Wildman–Crippen LogP) is 1.03. The van der Waals surface area contributed by atoms with Gasteiger partial charge in [-0.1, -0.05) is 13.3 Å². The molecule has 0 unspecified atom stereocenters. The van der Waals surface area contributed by atoms with Gasteiger partial charge in [-0.25, -0.2) is 0 Å². The van der Waals surface area contributed by atoms with Crippen LogP contribution in [0.3, 0.4) is 0 Å². The minimum Gasteiger partial charge on any atom is -0.271 e. The van der Waals surface area contributed by atoms with Crippen LogP contribution in [0.15, 0.2) is 0 Å². The maximum absolute atomic E-state index is 5.30. The molecule has 0 spiro atoms. The first-order valence-corrected chi connectivity index (χ1v) is 3.83. The molecule has 1 aliphatic carbocycles. The van der Waals surface area contributed by atoms with Crippen LogP contribution in [0.1, 0.15) is 32.6 Å². The van der Waals surface area contributed by atoms with Gasteiger partial charge in [-0.15, -0.1) is 0 Å². The van der Waals surface area contributed by atoms with Gasteiger partial charge in [-0.3, -0.25) is 11.3 Å². The Bertz CT molecular complexity index is 73.0. The molecule has 0 aromatic carbocycles. The van der Waals surface area contributed by atoms with Crippen LogP contribution in [0, 0.1) is 5.92 Å². The lowest BCUT2D eigenvalue weighted by Gasteiger charge is -2.06. The molecule has 3 N–H and O–H groups in total. The van der Waals surface area contributed by atoms with Crippen LogP contribution in [0.25, 0.3) is 0 Å². The highest BCUT2D eigenvalue weighted by atomic mass is 15.2. The van der Waals surface area contributed by atoms with Crippen LogP contribution in [-0.2, 0) is 0 Å². The topological polar surface area (TPSA) is 38.0 Å². The Balaban J connectivity index is 2.20. The largest absolute Gasteiger partial charge is 0.271 e. The number of hydrogen-bond donors (Lipinski definition) is 2. The summed E-state index contributed by atoms with van der Waals surface area (Å²) in [5, 5.41) is 0. The van der Waals surface area contributed by atoms with Crippen LogP contribution in [-0.4, -0.2) is 6.04 Å². The Kier molecular flexibility index (Phi) is 2.49. The van der Waals surface area contributed by atoms with Gasteiger partial charge in [0.25, 0.3) is 0 Å². The zero-order valence-electron chi connectivity index (χ0n) is 6.06. The molecule has 1 fully saturated rings. The fraction of sp³-hybridized carbons (Fsp3) is 1.00. The van der Waals surface area contributed by atoms with Crippen molar-refractivity contribution in [3.63, 3.8) is 0 Å². The van der Waals surface area contributed by atoms with Crippen molar-refractivity contribution in [2.24, 2.45) is 11.8 Å². The SMILES string of the molecule is CC[C@H]1CC[C@H](NN)C1. The maximum Gasteiger partial charge on any atom is 0.0213 e. The Morgan fingerprint density at radius 2 is 2.33 bits per heavy atom. The molecule has 1 saturated carbocycles. The quantitative estimate of drug-likeness (QED) is 0.430. The summed E-state index contributed by atoms with van der Waals surface area (Å²) < 4.78 is 0. The second-order valence-electron chi connectivity index (χ2n) is 2.95. The van der Waals surface area contributed by atoms with Crippen LogP contribution in [0.4, 0.5) is 0 Å².